The van der Waals surface area contributed by atoms with E-state index in [9.17, 15) is 9.59 Å². The number of aryl methyl sites for hydroxylation is 1. The van der Waals surface area contributed by atoms with Crippen molar-refractivity contribution in [3.8, 4) is 5.69 Å². The topological polar surface area (TPSA) is 88.2 Å². The van der Waals surface area contributed by atoms with Crippen LogP contribution in [0.2, 0.25) is 0 Å². The SMILES string of the molecule is CCOC(=O)CCn1c(CC(=O)OCC)nc2c(-n3ccnc3)cccc21. The van der Waals surface area contributed by atoms with E-state index in [-0.39, 0.29) is 24.8 Å². The van der Waals surface area contributed by atoms with Crippen LogP contribution < -0.4 is 0 Å². The maximum absolute atomic E-state index is 12.0. The van der Waals surface area contributed by atoms with Gasteiger partial charge in [0.15, 0.2) is 0 Å². The fourth-order valence-corrected chi connectivity index (χ4v) is 2.95. The van der Waals surface area contributed by atoms with Crippen LogP contribution in [0.15, 0.2) is 36.9 Å². The smallest absolute Gasteiger partial charge is 0.313 e. The minimum absolute atomic E-state index is 0.0364. The first-order valence-corrected chi connectivity index (χ1v) is 8.91. The molecule has 0 saturated heterocycles. The molecule has 0 aliphatic heterocycles. The number of para-hydroxylation sites is 1. The summed E-state index contributed by atoms with van der Waals surface area (Å²) in [6, 6.07) is 5.76. The number of esters is 2. The maximum Gasteiger partial charge on any atom is 0.313 e. The van der Waals surface area contributed by atoms with Gasteiger partial charge >= 0.3 is 11.9 Å². The monoisotopic (exact) mass is 370 g/mol. The number of aromatic nitrogens is 4. The average Bonchev–Trinajstić information content (AvgIpc) is 3.28. The third-order valence-electron chi connectivity index (χ3n) is 4.07. The lowest BCUT2D eigenvalue weighted by Gasteiger charge is -2.09. The number of hydrogen-bond donors (Lipinski definition) is 0. The van der Waals surface area contributed by atoms with Crippen molar-refractivity contribution in [3.63, 3.8) is 0 Å². The summed E-state index contributed by atoms with van der Waals surface area (Å²) in [6.45, 7) is 4.55. The van der Waals surface area contributed by atoms with Crippen molar-refractivity contribution in [2.45, 2.75) is 33.2 Å². The largest absolute Gasteiger partial charge is 0.466 e. The highest BCUT2D eigenvalue weighted by atomic mass is 16.5. The van der Waals surface area contributed by atoms with Gasteiger partial charge in [-0.05, 0) is 26.0 Å². The second-order valence-corrected chi connectivity index (χ2v) is 5.83. The van der Waals surface area contributed by atoms with Gasteiger partial charge in [-0.15, -0.1) is 0 Å². The molecule has 0 saturated carbocycles. The minimum atomic E-state index is -0.352. The Morgan fingerprint density at radius 2 is 1.89 bits per heavy atom. The van der Waals surface area contributed by atoms with Crippen LogP contribution >= 0.6 is 0 Å². The molecule has 2 heterocycles. The molecule has 0 bridgehead atoms. The van der Waals surface area contributed by atoms with Crippen LogP contribution in [0.1, 0.15) is 26.1 Å². The minimum Gasteiger partial charge on any atom is -0.466 e. The Morgan fingerprint density at radius 3 is 2.59 bits per heavy atom. The number of carbonyl (C=O) groups is 2. The molecular formula is C19H22N4O4. The molecule has 1 aromatic carbocycles. The molecule has 3 aromatic rings. The third kappa shape index (κ3) is 4.16. The van der Waals surface area contributed by atoms with Gasteiger partial charge in [-0.1, -0.05) is 6.07 Å². The van der Waals surface area contributed by atoms with Gasteiger partial charge < -0.3 is 18.6 Å². The van der Waals surface area contributed by atoms with Gasteiger partial charge in [0.05, 0.1) is 37.2 Å². The van der Waals surface area contributed by atoms with Gasteiger partial charge in [-0.3, -0.25) is 9.59 Å². The van der Waals surface area contributed by atoms with E-state index < -0.39 is 0 Å². The number of carbonyl (C=O) groups excluding carboxylic acids is 2. The van der Waals surface area contributed by atoms with E-state index in [2.05, 4.69) is 9.97 Å². The summed E-state index contributed by atoms with van der Waals surface area (Å²) in [5.74, 6) is -0.0816. The van der Waals surface area contributed by atoms with Crippen molar-refractivity contribution >= 4 is 23.0 Å². The van der Waals surface area contributed by atoms with E-state index in [0.29, 0.717) is 25.6 Å². The number of benzene rings is 1. The first-order chi connectivity index (χ1) is 13.1. The highest BCUT2D eigenvalue weighted by Crippen LogP contribution is 2.24. The number of rotatable bonds is 8. The summed E-state index contributed by atoms with van der Waals surface area (Å²) in [6.07, 6.45) is 5.45. The van der Waals surface area contributed by atoms with Crippen molar-refractivity contribution in [2.24, 2.45) is 0 Å². The first-order valence-electron chi connectivity index (χ1n) is 8.91. The van der Waals surface area contributed by atoms with E-state index in [4.69, 9.17) is 9.47 Å². The second-order valence-electron chi connectivity index (χ2n) is 5.83. The molecular weight excluding hydrogens is 348 g/mol. The predicted molar refractivity (Wildman–Crippen MR) is 98.4 cm³/mol. The normalized spacial score (nSPS) is 10.9. The molecule has 8 heteroatoms. The summed E-state index contributed by atoms with van der Waals surface area (Å²) in [5.41, 5.74) is 2.42. The molecule has 0 fully saturated rings. The van der Waals surface area contributed by atoms with Crippen LogP contribution in [0, 0.1) is 0 Å². The molecule has 8 nitrogen and oxygen atoms in total. The van der Waals surface area contributed by atoms with Crippen molar-refractivity contribution < 1.29 is 19.1 Å². The van der Waals surface area contributed by atoms with Crippen molar-refractivity contribution in [1.29, 1.82) is 0 Å². The lowest BCUT2D eigenvalue weighted by atomic mass is 10.2. The van der Waals surface area contributed by atoms with Crippen LogP contribution in [0.5, 0.6) is 0 Å². The van der Waals surface area contributed by atoms with Gasteiger partial charge in [0.2, 0.25) is 0 Å². The quantitative estimate of drug-likeness (QED) is 0.565. The van der Waals surface area contributed by atoms with Crippen LogP contribution in [-0.4, -0.2) is 44.3 Å². The van der Waals surface area contributed by atoms with E-state index in [1.165, 1.54) is 0 Å². The fraction of sp³-hybridized carbons (Fsp3) is 0.368. The fourth-order valence-electron chi connectivity index (χ4n) is 2.95. The molecule has 3 rings (SSSR count). The number of imidazole rings is 2. The lowest BCUT2D eigenvalue weighted by molar-refractivity contribution is -0.143. The zero-order valence-corrected chi connectivity index (χ0v) is 15.4. The molecule has 0 spiro atoms. The molecule has 0 aliphatic carbocycles. The van der Waals surface area contributed by atoms with Crippen molar-refractivity contribution in [1.82, 2.24) is 19.1 Å². The average molecular weight is 370 g/mol. The Morgan fingerprint density at radius 1 is 1.11 bits per heavy atom. The molecule has 142 valence electrons. The van der Waals surface area contributed by atoms with Crippen LogP contribution in [0.25, 0.3) is 16.7 Å². The first kappa shape index (κ1) is 18.6. The van der Waals surface area contributed by atoms with E-state index >= 15 is 0 Å². The number of hydrogen-bond acceptors (Lipinski definition) is 6. The van der Waals surface area contributed by atoms with E-state index in [0.717, 1.165) is 16.7 Å². The number of ether oxygens (including phenoxy) is 2. The summed E-state index contributed by atoms with van der Waals surface area (Å²) < 4.78 is 13.8. The molecule has 0 N–H and O–H groups in total. The Kier molecular flexibility index (Phi) is 5.85. The summed E-state index contributed by atoms with van der Waals surface area (Å²) >= 11 is 0. The Bertz CT molecular complexity index is 931. The van der Waals surface area contributed by atoms with E-state index in [1.54, 1.807) is 26.4 Å². The highest BCUT2D eigenvalue weighted by molar-refractivity contribution is 5.86. The zero-order valence-electron chi connectivity index (χ0n) is 15.4. The number of nitrogens with zero attached hydrogens (tertiary/aromatic N) is 4. The Hall–Kier alpha value is -3.16. The Labute approximate surface area is 156 Å². The van der Waals surface area contributed by atoms with Gasteiger partial charge in [0.1, 0.15) is 17.8 Å². The maximum atomic E-state index is 12.0. The van der Waals surface area contributed by atoms with Crippen LogP contribution in [0.3, 0.4) is 0 Å². The standard InChI is InChI=1S/C19H22N4O4/c1-3-26-17(24)8-10-23-15-7-5-6-14(22-11-9-20-13-22)19(15)21-16(23)12-18(25)27-4-2/h5-7,9,11,13H,3-4,8,10,12H2,1-2H3. The third-order valence-corrected chi connectivity index (χ3v) is 4.07. The summed E-state index contributed by atoms with van der Waals surface area (Å²) in [7, 11) is 0. The van der Waals surface area contributed by atoms with Gasteiger partial charge in [0.25, 0.3) is 0 Å². The molecule has 0 radical (unpaired) electrons. The predicted octanol–water partition coefficient (Wildman–Crippen LogP) is 2.28. The van der Waals surface area contributed by atoms with Gasteiger partial charge in [-0.25, -0.2) is 9.97 Å². The van der Waals surface area contributed by atoms with Crippen molar-refractivity contribution in [2.75, 3.05) is 13.2 Å². The summed E-state index contributed by atoms with van der Waals surface area (Å²) in [5, 5.41) is 0. The Balaban J connectivity index is 2.01. The van der Waals surface area contributed by atoms with E-state index in [1.807, 2.05) is 33.5 Å². The molecule has 0 aliphatic rings. The molecule has 0 amide bonds. The molecule has 2 aromatic heterocycles. The van der Waals surface area contributed by atoms with Crippen LogP contribution in [0.4, 0.5) is 0 Å². The van der Waals surface area contributed by atoms with Gasteiger partial charge in [0, 0.05) is 18.9 Å². The lowest BCUT2D eigenvalue weighted by Crippen LogP contribution is -2.15. The molecule has 0 atom stereocenters. The second kappa shape index (κ2) is 8.48. The van der Waals surface area contributed by atoms with Gasteiger partial charge in [-0.2, -0.15) is 0 Å². The number of fused-ring (bicyclic) bond motifs is 1. The zero-order chi connectivity index (χ0) is 19.2. The molecule has 27 heavy (non-hydrogen) atoms. The van der Waals surface area contributed by atoms with Crippen LogP contribution in [-0.2, 0) is 32.0 Å². The molecule has 0 unspecified atom stereocenters. The van der Waals surface area contributed by atoms with Crippen molar-refractivity contribution in [3.05, 3.63) is 42.7 Å². The summed E-state index contributed by atoms with van der Waals surface area (Å²) in [4.78, 5) is 32.6. The highest BCUT2D eigenvalue weighted by Gasteiger charge is 2.18.